The Morgan fingerprint density at radius 2 is 1.96 bits per heavy atom. The van der Waals surface area contributed by atoms with Crippen LogP contribution in [0, 0.1) is 0 Å². The second-order valence-electron chi connectivity index (χ2n) is 5.90. The number of halogens is 5. The molecular formula is C12H13F5N2O3S. The van der Waals surface area contributed by atoms with Gasteiger partial charge in [-0.3, -0.25) is 4.68 Å². The van der Waals surface area contributed by atoms with Crippen molar-refractivity contribution < 1.29 is 35.5 Å². The lowest BCUT2D eigenvalue weighted by Crippen LogP contribution is -2.30. The number of alkyl halides is 5. The van der Waals surface area contributed by atoms with Gasteiger partial charge in [0.15, 0.2) is 15.5 Å². The molecule has 1 saturated heterocycles. The van der Waals surface area contributed by atoms with E-state index in [1.54, 1.807) is 0 Å². The van der Waals surface area contributed by atoms with Crippen LogP contribution in [-0.2, 0) is 22.4 Å². The molecule has 0 bridgehead atoms. The predicted octanol–water partition coefficient (Wildman–Crippen LogP) is 1.88. The average Bonchev–Trinajstić information content (AvgIpc) is 2.84. The van der Waals surface area contributed by atoms with E-state index in [-0.39, 0.29) is 18.6 Å². The Hall–Kier alpha value is -1.23. The van der Waals surface area contributed by atoms with Gasteiger partial charge in [-0.2, -0.15) is 18.3 Å². The molecule has 1 aliphatic carbocycles. The normalized spacial score (nSPS) is 29.5. The summed E-state index contributed by atoms with van der Waals surface area (Å²) in [5.41, 5.74) is -2.94. The van der Waals surface area contributed by atoms with Gasteiger partial charge in [-0.25, -0.2) is 17.2 Å². The third kappa shape index (κ3) is 2.73. The summed E-state index contributed by atoms with van der Waals surface area (Å²) in [5.74, 6) is -4.26. The van der Waals surface area contributed by atoms with E-state index in [1.165, 1.54) is 0 Å². The second kappa shape index (κ2) is 4.88. The molecule has 0 spiro atoms. The van der Waals surface area contributed by atoms with Crippen LogP contribution in [0.3, 0.4) is 0 Å². The third-order valence-corrected chi connectivity index (χ3v) is 5.98. The number of nitrogens with zero attached hydrogens (tertiary/aromatic N) is 2. The fourth-order valence-corrected chi connectivity index (χ4v) is 4.85. The summed E-state index contributed by atoms with van der Waals surface area (Å²) < 4.78 is 90.5. The smallest absolute Gasteiger partial charge is 0.382 e. The molecule has 1 aromatic rings. The van der Waals surface area contributed by atoms with E-state index >= 15 is 0 Å². The van der Waals surface area contributed by atoms with Gasteiger partial charge in [0, 0.05) is 5.56 Å². The Bertz CT molecular complexity index is 741. The standard InChI is InChI=1S/C12H13F5N2O3S/c13-11(14)4-7-8(10(11)20)9(12(15,16)17)18-19(7)6-2-1-3-23(21,22)5-6/h6,10,20H,1-5H2/t6?,10-/m0/s1. The van der Waals surface area contributed by atoms with E-state index in [0.29, 0.717) is 0 Å². The van der Waals surface area contributed by atoms with Crippen LogP contribution in [-0.4, -0.2) is 40.7 Å². The van der Waals surface area contributed by atoms with Crippen LogP contribution in [0.25, 0.3) is 0 Å². The molecule has 0 aromatic carbocycles. The molecule has 2 aliphatic rings. The van der Waals surface area contributed by atoms with Crippen molar-refractivity contribution in [2.45, 2.75) is 43.5 Å². The molecule has 1 aromatic heterocycles. The minimum absolute atomic E-state index is 0.0854. The number of hydrogen-bond acceptors (Lipinski definition) is 4. The molecule has 130 valence electrons. The molecule has 11 heteroatoms. The number of aromatic nitrogens is 2. The molecule has 2 atom stereocenters. The molecule has 0 radical (unpaired) electrons. The van der Waals surface area contributed by atoms with Crippen molar-refractivity contribution in [2.75, 3.05) is 11.5 Å². The lowest BCUT2D eigenvalue weighted by Gasteiger charge is -2.24. The molecule has 3 rings (SSSR count). The molecule has 1 unspecified atom stereocenters. The summed E-state index contributed by atoms with van der Waals surface area (Å²) in [6.07, 6.45) is -8.25. The summed E-state index contributed by atoms with van der Waals surface area (Å²) in [6.45, 7) is 0. The van der Waals surface area contributed by atoms with Crippen molar-refractivity contribution in [2.24, 2.45) is 0 Å². The Morgan fingerprint density at radius 3 is 2.52 bits per heavy atom. The first-order valence-electron chi connectivity index (χ1n) is 6.87. The molecule has 1 fully saturated rings. The topological polar surface area (TPSA) is 72.2 Å². The highest BCUT2D eigenvalue weighted by atomic mass is 32.2. The van der Waals surface area contributed by atoms with Gasteiger partial charge < -0.3 is 5.11 Å². The summed E-state index contributed by atoms with van der Waals surface area (Å²) in [5, 5.41) is 12.9. The van der Waals surface area contributed by atoms with Crippen molar-refractivity contribution >= 4 is 9.84 Å². The SMILES string of the molecule is O=S1(=O)CCCC(n2nc(C(F)(F)F)c3c2CC(F)(F)[C@H]3O)C1. The summed E-state index contributed by atoms with van der Waals surface area (Å²) in [7, 11) is -3.46. The fraction of sp³-hybridized carbons (Fsp3) is 0.750. The molecular weight excluding hydrogens is 347 g/mol. The highest BCUT2D eigenvalue weighted by Gasteiger charge is 2.55. The highest BCUT2D eigenvalue weighted by Crippen LogP contribution is 2.49. The number of rotatable bonds is 1. The largest absolute Gasteiger partial charge is 0.435 e. The average molecular weight is 360 g/mol. The van der Waals surface area contributed by atoms with Crippen LogP contribution < -0.4 is 0 Å². The van der Waals surface area contributed by atoms with Gasteiger partial charge in [0.05, 0.1) is 29.7 Å². The van der Waals surface area contributed by atoms with Crippen LogP contribution in [0.5, 0.6) is 0 Å². The molecule has 0 saturated carbocycles. The van der Waals surface area contributed by atoms with Gasteiger partial charge >= 0.3 is 6.18 Å². The second-order valence-corrected chi connectivity index (χ2v) is 8.13. The number of sulfone groups is 1. The minimum atomic E-state index is -5.01. The van der Waals surface area contributed by atoms with E-state index in [0.717, 1.165) is 4.68 Å². The maximum atomic E-state index is 13.7. The Morgan fingerprint density at radius 1 is 1.30 bits per heavy atom. The third-order valence-electron chi connectivity index (χ3n) is 4.18. The number of aliphatic hydroxyl groups is 1. The van der Waals surface area contributed by atoms with E-state index in [2.05, 4.69) is 5.10 Å². The minimum Gasteiger partial charge on any atom is -0.382 e. The van der Waals surface area contributed by atoms with Gasteiger partial charge in [0.25, 0.3) is 5.92 Å². The van der Waals surface area contributed by atoms with Gasteiger partial charge in [0.1, 0.15) is 6.10 Å². The Kier molecular flexibility index (Phi) is 3.53. The molecule has 1 aliphatic heterocycles. The van der Waals surface area contributed by atoms with Crippen LogP contribution in [0.1, 0.15) is 41.9 Å². The van der Waals surface area contributed by atoms with Crippen molar-refractivity contribution in [1.82, 2.24) is 9.78 Å². The number of fused-ring (bicyclic) bond motifs is 1. The van der Waals surface area contributed by atoms with E-state index in [4.69, 9.17) is 0 Å². The predicted molar refractivity (Wildman–Crippen MR) is 67.8 cm³/mol. The summed E-state index contributed by atoms with van der Waals surface area (Å²) in [6, 6.07) is -0.931. The van der Waals surface area contributed by atoms with E-state index < -0.39 is 63.2 Å². The quantitative estimate of drug-likeness (QED) is 0.777. The van der Waals surface area contributed by atoms with Crippen molar-refractivity contribution in [1.29, 1.82) is 0 Å². The zero-order valence-electron chi connectivity index (χ0n) is 11.6. The van der Waals surface area contributed by atoms with Crippen LogP contribution in [0.15, 0.2) is 0 Å². The molecule has 23 heavy (non-hydrogen) atoms. The number of aliphatic hydroxyl groups excluding tert-OH is 1. The van der Waals surface area contributed by atoms with Gasteiger partial charge in [-0.05, 0) is 12.8 Å². The maximum Gasteiger partial charge on any atom is 0.435 e. The van der Waals surface area contributed by atoms with Crippen molar-refractivity contribution in [3.8, 4) is 0 Å². The first-order chi connectivity index (χ1) is 10.4. The first kappa shape index (κ1) is 16.6. The Labute approximate surface area is 128 Å². The van der Waals surface area contributed by atoms with Crippen LogP contribution in [0.2, 0.25) is 0 Å². The monoisotopic (exact) mass is 360 g/mol. The lowest BCUT2D eigenvalue weighted by molar-refractivity contribution is -0.146. The highest BCUT2D eigenvalue weighted by molar-refractivity contribution is 7.91. The van der Waals surface area contributed by atoms with E-state index in [1.807, 2.05) is 0 Å². The van der Waals surface area contributed by atoms with E-state index in [9.17, 15) is 35.5 Å². The van der Waals surface area contributed by atoms with Gasteiger partial charge in [0.2, 0.25) is 0 Å². The fourth-order valence-electron chi connectivity index (χ4n) is 3.18. The first-order valence-corrected chi connectivity index (χ1v) is 8.69. The summed E-state index contributed by atoms with van der Waals surface area (Å²) >= 11 is 0. The Balaban J connectivity index is 2.12. The van der Waals surface area contributed by atoms with Crippen molar-refractivity contribution in [3.63, 3.8) is 0 Å². The maximum absolute atomic E-state index is 13.7. The van der Waals surface area contributed by atoms with Gasteiger partial charge in [-0.1, -0.05) is 0 Å². The van der Waals surface area contributed by atoms with Gasteiger partial charge in [-0.15, -0.1) is 0 Å². The lowest BCUT2D eigenvalue weighted by atomic mass is 10.1. The summed E-state index contributed by atoms with van der Waals surface area (Å²) in [4.78, 5) is 0. The molecule has 1 N–H and O–H groups in total. The van der Waals surface area contributed by atoms with Crippen LogP contribution in [0.4, 0.5) is 22.0 Å². The number of hydrogen-bond donors (Lipinski definition) is 1. The van der Waals surface area contributed by atoms with Crippen molar-refractivity contribution in [3.05, 3.63) is 17.0 Å². The zero-order valence-corrected chi connectivity index (χ0v) is 12.5. The molecule has 0 amide bonds. The molecule has 5 nitrogen and oxygen atoms in total. The zero-order chi connectivity index (χ0) is 17.2. The van der Waals surface area contributed by atoms with Crippen LogP contribution >= 0.6 is 0 Å². The molecule has 2 heterocycles.